The number of alkyl halides is 3. The van der Waals surface area contributed by atoms with Gasteiger partial charge in [-0.2, -0.15) is 18.3 Å². The number of anilines is 1. The summed E-state index contributed by atoms with van der Waals surface area (Å²) in [7, 11) is 1.36. The van der Waals surface area contributed by atoms with Crippen molar-refractivity contribution in [1.29, 1.82) is 0 Å². The van der Waals surface area contributed by atoms with Gasteiger partial charge < -0.3 is 11.1 Å². The number of piperidine rings is 1. The number of fused-ring (bicyclic) bond motifs is 1. The maximum Gasteiger partial charge on any atom is 0.497 e. The summed E-state index contributed by atoms with van der Waals surface area (Å²) in [5.41, 5.74) is 7.36. The number of benzene rings is 2. The van der Waals surface area contributed by atoms with Crippen LogP contribution >= 0.6 is 0 Å². The first-order valence-electron chi connectivity index (χ1n) is 10.8. The number of halogens is 3. The molecule has 0 radical (unpaired) electrons. The van der Waals surface area contributed by atoms with Gasteiger partial charge in [-0.3, -0.25) is 14.4 Å². The largest absolute Gasteiger partial charge is 0.497 e. The molecular weight excluding hydrogens is 467 g/mol. The lowest BCUT2D eigenvalue weighted by atomic mass is 9.97. The predicted molar refractivity (Wildman–Crippen MR) is 119 cm³/mol. The lowest BCUT2D eigenvalue weighted by molar-refractivity contribution is -1.08. The number of hydroxylamine groups is 3. The minimum absolute atomic E-state index is 0.0617. The number of hydrogen-bond donors (Lipinski definition) is 2. The van der Waals surface area contributed by atoms with Crippen molar-refractivity contribution in [2.75, 3.05) is 25.5 Å². The topological polar surface area (TPSA) is 116 Å². The summed E-state index contributed by atoms with van der Waals surface area (Å²) in [5, 5.41) is 7.93. The van der Waals surface area contributed by atoms with Crippen LogP contribution in [-0.2, 0) is 14.4 Å². The number of carbonyl (C=O) groups excluding carboxylic acids is 3. The van der Waals surface area contributed by atoms with Crippen LogP contribution in [0.15, 0.2) is 48.7 Å². The summed E-state index contributed by atoms with van der Waals surface area (Å²) in [5.74, 6) is -3.85. The Balaban J connectivity index is 1.44. The molecule has 184 valence electrons. The lowest BCUT2D eigenvalue weighted by Gasteiger charge is -2.37. The van der Waals surface area contributed by atoms with Gasteiger partial charge in [0.1, 0.15) is 25.7 Å². The number of rotatable bonds is 5. The second-order valence-electron chi connectivity index (χ2n) is 8.64. The number of primary amides is 1. The van der Waals surface area contributed by atoms with E-state index < -0.39 is 28.6 Å². The highest BCUT2D eigenvalue weighted by molar-refractivity contribution is 6.04. The van der Waals surface area contributed by atoms with E-state index in [2.05, 4.69) is 15.3 Å². The van der Waals surface area contributed by atoms with E-state index in [-0.39, 0.29) is 19.0 Å². The summed E-state index contributed by atoms with van der Waals surface area (Å²) < 4.78 is 38.8. The molecule has 0 spiro atoms. The lowest BCUT2D eigenvalue weighted by Crippen LogP contribution is -2.55. The molecule has 2 atom stereocenters. The van der Waals surface area contributed by atoms with Crippen molar-refractivity contribution in [1.82, 2.24) is 9.78 Å². The third-order valence-electron chi connectivity index (χ3n) is 5.90. The molecule has 1 aromatic heterocycles. The molecule has 1 saturated heterocycles. The van der Waals surface area contributed by atoms with Crippen molar-refractivity contribution in [3.8, 4) is 5.69 Å². The van der Waals surface area contributed by atoms with E-state index in [9.17, 15) is 27.6 Å². The molecule has 1 aliphatic heterocycles. The molecule has 1 fully saturated rings. The number of likely N-dealkylation sites (tertiary alicyclic amines) is 1. The third-order valence-corrected chi connectivity index (χ3v) is 5.90. The SMILES string of the molecule is C[N+]1(OC(=O)C(F)(F)F)CCCC(C(=O)Nc2ccc(-n3cc4cccc(C(N)=O)c4n3)cc2)C1. The average Bonchev–Trinajstić information content (AvgIpc) is 3.23. The first kappa shape index (κ1) is 24.2. The highest BCUT2D eigenvalue weighted by atomic mass is 19.4. The Morgan fingerprint density at radius 3 is 2.54 bits per heavy atom. The first-order valence-corrected chi connectivity index (χ1v) is 10.8. The zero-order valence-corrected chi connectivity index (χ0v) is 18.7. The molecule has 2 aromatic carbocycles. The fraction of sp³-hybridized carbons (Fsp3) is 0.304. The molecule has 12 heteroatoms. The molecule has 2 heterocycles. The van der Waals surface area contributed by atoms with Gasteiger partial charge in [0.2, 0.25) is 5.91 Å². The van der Waals surface area contributed by atoms with Crippen LogP contribution < -0.4 is 11.1 Å². The second kappa shape index (κ2) is 9.02. The molecule has 3 aromatic rings. The number of quaternary nitrogens is 1. The predicted octanol–water partition coefficient (Wildman–Crippen LogP) is 2.94. The zero-order chi connectivity index (χ0) is 25.4. The van der Waals surface area contributed by atoms with Crippen LogP contribution in [0.1, 0.15) is 23.2 Å². The number of nitrogens with two attached hydrogens (primary N) is 1. The van der Waals surface area contributed by atoms with Crippen molar-refractivity contribution in [3.05, 3.63) is 54.2 Å². The Labute approximate surface area is 197 Å². The molecule has 35 heavy (non-hydrogen) atoms. The minimum Gasteiger partial charge on any atom is -0.366 e. The molecule has 4 rings (SSSR count). The van der Waals surface area contributed by atoms with Gasteiger partial charge in [0, 0.05) is 23.7 Å². The molecule has 3 N–H and O–H groups in total. The Hall–Kier alpha value is -3.93. The smallest absolute Gasteiger partial charge is 0.366 e. The number of nitrogens with one attached hydrogen (secondary N) is 1. The summed E-state index contributed by atoms with van der Waals surface area (Å²) >= 11 is 0. The molecule has 0 saturated carbocycles. The van der Waals surface area contributed by atoms with Gasteiger partial charge in [-0.05, 0) is 36.8 Å². The van der Waals surface area contributed by atoms with Crippen LogP contribution in [0.5, 0.6) is 0 Å². The Morgan fingerprint density at radius 2 is 1.89 bits per heavy atom. The Kier molecular flexibility index (Phi) is 6.24. The molecule has 0 aliphatic carbocycles. The standard InChI is InChI=1S/C23H22F3N5O4/c1-31(35-22(34)23(24,25)26)11-3-5-15(13-31)21(33)28-16-7-9-17(10-8-16)30-12-14-4-2-6-18(20(27)32)19(14)29-30/h2,4,6-10,12,15H,3,5,11,13H2,1H3,(H2-,27,28,32,33)/p+1. The molecular formula is C23H23F3N5O4+. The quantitative estimate of drug-likeness (QED) is 0.534. The van der Waals surface area contributed by atoms with Crippen molar-refractivity contribution in [2.45, 2.75) is 19.0 Å². The van der Waals surface area contributed by atoms with E-state index in [0.717, 1.165) is 5.39 Å². The Morgan fingerprint density at radius 1 is 1.17 bits per heavy atom. The van der Waals surface area contributed by atoms with Crippen LogP contribution in [0.4, 0.5) is 18.9 Å². The van der Waals surface area contributed by atoms with Crippen LogP contribution in [0.2, 0.25) is 0 Å². The minimum atomic E-state index is -5.10. The number of nitrogens with zero attached hydrogens (tertiary/aromatic N) is 3. The maximum atomic E-state index is 12.8. The van der Waals surface area contributed by atoms with E-state index >= 15 is 0 Å². The van der Waals surface area contributed by atoms with Crippen molar-refractivity contribution >= 4 is 34.4 Å². The highest BCUT2D eigenvalue weighted by Crippen LogP contribution is 2.27. The number of amides is 2. The molecule has 2 unspecified atom stereocenters. The zero-order valence-electron chi connectivity index (χ0n) is 18.7. The van der Waals surface area contributed by atoms with Gasteiger partial charge >= 0.3 is 12.1 Å². The third kappa shape index (κ3) is 5.27. The van der Waals surface area contributed by atoms with Crippen molar-refractivity contribution in [2.24, 2.45) is 11.7 Å². The van der Waals surface area contributed by atoms with Gasteiger partial charge in [-0.15, -0.1) is 4.65 Å². The second-order valence-corrected chi connectivity index (χ2v) is 8.64. The van der Waals surface area contributed by atoms with Crippen molar-refractivity contribution in [3.63, 3.8) is 0 Å². The fourth-order valence-electron chi connectivity index (χ4n) is 4.19. The van der Waals surface area contributed by atoms with Gasteiger partial charge in [0.15, 0.2) is 0 Å². The van der Waals surface area contributed by atoms with Gasteiger partial charge in [-0.1, -0.05) is 12.1 Å². The molecule has 9 nitrogen and oxygen atoms in total. The van der Waals surface area contributed by atoms with Crippen LogP contribution in [-0.4, -0.2) is 58.5 Å². The number of carbonyl (C=O) groups is 3. The van der Waals surface area contributed by atoms with Crippen LogP contribution in [0.25, 0.3) is 16.6 Å². The van der Waals surface area contributed by atoms with E-state index in [1.807, 2.05) is 6.07 Å². The van der Waals surface area contributed by atoms with Crippen LogP contribution in [0, 0.1) is 5.92 Å². The van der Waals surface area contributed by atoms with E-state index in [0.29, 0.717) is 35.3 Å². The van der Waals surface area contributed by atoms with E-state index in [4.69, 9.17) is 5.73 Å². The molecule has 1 aliphatic rings. The van der Waals surface area contributed by atoms with Crippen LogP contribution in [0.3, 0.4) is 0 Å². The summed E-state index contributed by atoms with van der Waals surface area (Å²) in [6.45, 7) is 0.129. The van der Waals surface area contributed by atoms with Gasteiger partial charge in [0.25, 0.3) is 5.91 Å². The molecule has 0 bridgehead atoms. The number of aromatic nitrogens is 2. The highest BCUT2D eigenvalue weighted by Gasteiger charge is 2.48. The number of hydrogen-bond acceptors (Lipinski definition) is 5. The Bertz CT molecular complexity index is 1290. The average molecular weight is 490 g/mol. The normalized spacial score (nSPS) is 20.4. The summed E-state index contributed by atoms with van der Waals surface area (Å²) in [6, 6.07) is 11.9. The van der Waals surface area contributed by atoms with Crippen molar-refractivity contribution < 1.29 is 37.0 Å². The molecule has 2 amide bonds. The maximum absolute atomic E-state index is 12.8. The monoisotopic (exact) mass is 490 g/mol. The van der Waals surface area contributed by atoms with Gasteiger partial charge in [-0.25, -0.2) is 9.48 Å². The fourth-order valence-corrected chi connectivity index (χ4v) is 4.19. The van der Waals surface area contributed by atoms with Gasteiger partial charge in [0.05, 0.1) is 17.2 Å². The van der Waals surface area contributed by atoms with E-state index in [1.165, 1.54) is 7.05 Å². The first-order chi connectivity index (χ1) is 16.4. The summed E-state index contributed by atoms with van der Waals surface area (Å²) in [6.07, 6.45) is -2.46. The summed E-state index contributed by atoms with van der Waals surface area (Å²) in [4.78, 5) is 40.3. The van der Waals surface area contributed by atoms with E-state index in [1.54, 1.807) is 47.3 Å².